The number of hydrogen-bond acceptors (Lipinski definition) is 7. The first-order valence-corrected chi connectivity index (χ1v) is 10.8. The number of halogens is 1. The summed E-state index contributed by atoms with van der Waals surface area (Å²) in [7, 11) is 0. The maximum Gasteiger partial charge on any atom is 0.192 e. The third kappa shape index (κ3) is 4.23. The maximum atomic E-state index is 6.05. The van der Waals surface area contributed by atoms with Crippen molar-refractivity contribution in [3.05, 3.63) is 89.6 Å². The fourth-order valence-corrected chi connectivity index (χ4v) is 4.07. The molecule has 0 unspecified atom stereocenters. The van der Waals surface area contributed by atoms with E-state index in [0.29, 0.717) is 17.3 Å². The summed E-state index contributed by atoms with van der Waals surface area (Å²) in [6, 6.07) is 21.1. The van der Waals surface area contributed by atoms with Crippen molar-refractivity contribution >= 4 is 23.4 Å². The lowest BCUT2D eigenvalue weighted by Crippen LogP contribution is -2.05. The van der Waals surface area contributed by atoms with E-state index in [1.165, 1.54) is 11.8 Å². The molecule has 0 spiro atoms. The first-order chi connectivity index (χ1) is 15.3. The zero-order chi connectivity index (χ0) is 21.0. The second kappa shape index (κ2) is 8.75. The van der Waals surface area contributed by atoms with Gasteiger partial charge < -0.3 is 4.42 Å². The van der Waals surface area contributed by atoms with Crippen molar-refractivity contribution in [3.63, 3.8) is 0 Å². The van der Waals surface area contributed by atoms with Gasteiger partial charge in [0.25, 0.3) is 0 Å². The van der Waals surface area contributed by atoms with Crippen LogP contribution in [-0.4, -0.2) is 35.0 Å². The first kappa shape index (κ1) is 19.5. The minimum Gasteiger partial charge on any atom is -0.467 e. The molecule has 0 aliphatic rings. The maximum absolute atomic E-state index is 6.05. The van der Waals surface area contributed by atoms with Gasteiger partial charge in [-0.2, -0.15) is 4.68 Å². The molecule has 0 saturated carbocycles. The van der Waals surface area contributed by atoms with Gasteiger partial charge in [-0.1, -0.05) is 41.6 Å². The van der Waals surface area contributed by atoms with Crippen LogP contribution in [0.2, 0.25) is 5.02 Å². The molecule has 0 fully saturated rings. The third-order valence-corrected chi connectivity index (χ3v) is 5.79. The third-order valence-electron chi connectivity index (χ3n) is 4.58. The summed E-state index contributed by atoms with van der Waals surface area (Å²) in [5.41, 5.74) is 1.83. The van der Waals surface area contributed by atoms with Crippen LogP contribution in [0.15, 0.2) is 82.6 Å². The zero-order valence-corrected chi connectivity index (χ0v) is 17.7. The SMILES string of the molecule is Clc1ccc(-c2nnc(SCc3nnnn3-c3ccccc3)n2Cc2ccco2)cc1. The molecule has 5 rings (SSSR count). The lowest BCUT2D eigenvalue weighted by molar-refractivity contribution is 0.485. The van der Waals surface area contributed by atoms with Crippen LogP contribution < -0.4 is 0 Å². The summed E-state index contributed by atoms with van der Waals surface area (Å²) < 4.78 is 9.30. The number of thioether (sulfide) groups is 1. The van der Waals surface area contributed by atoms with Gasteiger partial charge in [0.05, 0.1) is 24.2 Å². The van der Waals surface area contributed by atoms with E-state index in [1.807, 2.05) is 71.3 Å². The van der Waals surface area contributed by atoms with E-state index in [4.69, 9.17) is 16.0 Å². The van der Waals surface area contributed by atoms with Gasteiger partial charge in [-0.05, 0) is 59.0 Å². The van der Waals surface area contributed by atoms with Crippen LogP contribution in [0.25, 0.3) is 17.1 Å². The lowest BCUT2D eigenvalue weighted by Gasteiger charge is -2.09. The highest BCUT2D eigenvalue weighted by Gasteiger charge is 2.18. The Bertz CT molecular complexity index is 1270. The van der Waals surface area contributed by atoms with Gasteiger partial charge in [0.2, 0.25) is 0 Å². The van der Waals surface area contributed by atoms with Crippen LogP contribution in [0.5, 0.6) is 0 Å². The summed E-state index contributed by atoms with van der Waals surface area (Å²) in [4.78, 5) is 0. The summed E-state index contributed by atoms with van der Waals surface area (Å²) >= 11 is 7.56. The Morgan fingerprint density at radius 3 is 2.52 bits per heavy atom. The monoisotopic (exact) mass is 449 g/mol. The predicted octanol–water partition coefficient (Wildman–Crippen LogP) is 4.51. The second-order valence-corrected chi connectivity index (χ2v) is 7.99. The van der Waals surface area contributed by atoms with Gasteiger partial charge in [-0.15, -0.1) is 15.3 Å². The molecule has 5 aromatic rings. The smallest absolute Gasteiger partial charge is 0.192 e. The fourth-order valence-electron chi connectivity index (χ4n) is 3.10. The van der Waals surface area contributed by atoms with Gasteiger partial charge in [0, 0.05) is 10.6 Å². The molecule has 0 radical (unpaired) electrons. The molecule has 3 aromatic heterocycles. The van der Waals surface area contributed by atoms with Crippen LogP contribution in [0, 0.1) is 0 Å². The normalized spacial score (nSPS) is 11.1. The van der Waals surface area contributed by atoms with E-state index < -0.39 is 0 Å². The Hall–Kier alpha value is -3.43. The highest BCUT2D eigenvalue weighted by Crippen LogP contribution is 2.28. The van der Waals surface area contributed by atoms with Crippen molar-refractivity contribution in [1.82, 2.24) is 35.0 Å². The zero-order valence-electron chi connectivity index (χ0n) is 16.2. The second-order valence-electron chi connectivity index (χ2n) is 6.61. The highest BCUT2D eigenvalue weighted by atomic mass is 35.5. The number of furan rings is 1. The quantitative estimate of drug-likeness (QED) is 0.338. The minimum atomic E-state index is 0.504. The molecule has 8 nitrogen and oxygen atoms in total. The van der Waals surface area contributed by atoms with Crippen molar-refractivity contribution in [1.29, 1.82) is 0 Å². The standard InChI is InChI=1S/C21H16ClN7OS/c22-16-10-8-15(9-11-16)20-24-25-21(28(20)13-18-7-4-12-30-18)31-14-19-23-26-27-29(19)17-5-2-1-3-6-17/h1-12H,13-14H2. The van der Waals surface area contributed by atoms with Gasteiger partial charge in [0.15, 0.2) is 16.8 Å². The average molecular weight is 450 g/mol. The molecule has 0 aliphatic carbocycles. The van der Waals surface area contributed by atoms with Gasteiger partial charge in [-0.25, -0.2) is 0 Å². The lowest BCUT2D eigenvalue weighted by atomic mass is 10.2. The van der Waals surface area contributed by atoms with Gasteiger partial charge in [0.1, 0.15) is 5.76 Å². The Morgan fingerprint density at radius 2 is 1.74 bits per heavy atom. The molecule has 0 aliphatic heterocycles. The number of nitrogens with zero attached hydrogens (tertiary/aromatic N) is 7. The minimum absolute atomic E-state index is 0.504. The molecule has 0 saturated heterocycles. The Kier molecular flexibility index (Phi) is 5.51. The van der Waals surface area contributed by atoms with Crippen LogP contribution in [0.4, 0.5) is 0 Å². The Balaban J connectivity index is 1.44. The van der Waals surface area contributed by atoms with Crippen molar-refractivity contribution < 1.29 is 4.42 Å². The molecule has 31 heavy (non-hydrogen) atoms. The Labute approximate surface area is 186 Å². The molecule has 0 amide bonds. The molecule has 2 aromatic carbocycles. The topological polar surface area (TPSA) is 87.5 Å². The van der Waals surface area contributed by atoms with E-state index in [2.05, 4.69) is 25.7 Å². The van der Waals surface area contributed by atoms with E-state index in [-0.39, 0.29) is 0 Å². The number of rotatable bonds is 7. The molecular formula is C21H16ClN7OS. The molecule has 0 bridgehead atoms. The summed E-state index contributed by atoms with van der Waals surface area (Å²) in [5.74, 6) is 2.79. The van der Waals surface area contributed by atoms with E-state index in [0.717, 1.165) is 33.8 Å². The summed E-state index contributed by atoms with van der Waals surface area (Å²) in [5, 5.41) is 22.4. The summed E-state index contributed by atoms with van der Waals surface area (Å²) in [6.45, 7) is 0.504. The fraction of sp³-hybridized carbons (Fsp3) is 0.0952. The molecule has 154 valence electrons. The van der Waals surface area contributed by atoms with Crippen molar-refractivity contribution in [2.24, 2.45) is 0 Å². The van der Waals surface area contributed by atoms with Crippen molar-refractivity contribution in [3.8, 4) is 17.1 Å². The number of hydrogen-bond donors (Lipinski definition) is 0. The Morgan fingerprint density at radius 1 is 0.903 bits per heavy atom. The first-order valence-electron chi connectivity index (χ1n) is 9.45. The van der Waals surface area contributed by atoms with Crippen molar-refractivity contribution in [2.75, 3.05) is 0 Å². The predicted molar refractivity (Wildman–Crippen MR) is 117 cm³/mol. The number of para-hydroxylation sites is 1. The van der Waals surface area contributed by atoms with E-state index in [9.17, 15) is 0 Å². The van der Waals surface area contributed by atoms with Gasteiger partial charge in [-0.3, -0.25) is 4.57 Å². The van der Waals surface area contributed by atoms with E-state index in [1.54, 1.807) is 10.9 Å². The number of tetrazole rings is 1. The largest absolute Gasteiger partial charge is 0.467 e. The molecule has 0 N–H and O–H groups in total. The number of aromatic nitrogens is 7. The highest BCUT2D eigenvalue weighted by molar-refractivity contribution is 7.98. The average Bonchev–Trinajstić information content (AvgIpc) is 3.56. The number of benzene rings is 2. The van der Waals surface area contributed by atoms with Crippen molar-refractivity contribution in [2.45, 2.75) is 17.5 Å². The molecule has 10 heteroatoms. The van der Waals surface area contributed by atoms with Gasteiger partial charge >= 0.3 is 0 Å². The molecule has 3 heterocycles. The van der Waals surface area contributed by atoms with Crippen LogP contribution in [0.1, 0.15) is 11.6 Å². The summed E-state index contributed by atoms with van der Waals surface area (Å²) in [6.07, 6.45) is 1.66. The van der Waals surface area contributed by atoms with Crippen LogP contribution in [0.3, 0.4) is 0 Å². The van der Waals surface area contributed by atoms with Crippen LogP contribution in [-0.2, 0) is 12.3 Å². The van der Waals surface area contributed by atoms with E-state index >= 15 is 0 Å². The molecular weight excluding hydrogens is 434 g/mol. The van der Waals surface area contributed by atoms with Crippen LogP contribution >= 0.6 is 23.4 Å². The molecule has 0 atom stereocenters.